The van der Waals surface area contributed by atoms with E-state index in [-0.39, 0.29) is 5.97 Å². The molecule has 3 rings (SSSR count). The standard InChI is InChI=1S/C25H34N4O3/c1-28(20-32-24(30)15-6-3-9-16-26)17-10-18-31-25-22-13-7-8-14-23(22)29(27-25)19-21-11-4-2-5-12-21/h2,4-5,7-8,11-14H,3,6,9-10,15-20,26H2,1H3. The number of rotatable bonds is 14. The summed E-state index contributed by atoms with van der Waals surface area (Å²) in [5.74, 6) is 0.503. The minimum atomic E-state index is -0.152. The van der Waals surface area contributed by atoms with Gasteiger partial charge in [0, 0.05) is 13.0 Å². The molecule has 0 amide bonds. The molecule has 2 N–H and O–H groups in total. The first-order valence-electron chi connectivity index (χ1n) is 11.3. The van der Waals surface area contributed by atoms with Crippen molar-refractivity contribution in [2.45, 2.75) is 38.6 Å². The molecular formula is C25H34N4O3. The van der Waals surface area contributed by atoms with E-state index >= 15 is 0 Å². The van der Waals surface area contributed by atoms with Crippen LogP contribution in [0, 0.1) is 0 Å². The van der Waals surface area contributed by atoms with E-state index in [0.717, 1.165) is 43.1 Å². The summed E-state index contributed by atoms with van der Waals surface area (Å²) in [5.41, 5.74) is 7.71. The van der Waals surface area contributed by atoms with E-state index in [1.54, 1.807) is 0 Å². The summed E-state index contributed by atoms with van der Waals surface area (Å²) >= 11 is 0. The maximum absolute atomic E-state index is 11.8. The van der Waals surface area contributed by atoms with Crippen molar-refractivity contribution in [2.24, 2.45) is 5.73 Å². The Kier molecular flexibility index (Phi) is 9.53. The van der Waals surface area contributed by atoms with Crippen molar-refractivity contribution in [3.63, 3.8) is 0 Å². The number of ether oxygens (including phenoxy) is 2. The third-order valence-corrected chi connectivity index (χ3v) is 5.25. The first kappa shape index (κ1) is 23.8. The highest BCUT2D eigenvalue weighted by Gasteiger charge is 2.12. The molecule has 0 unspecified atom stereocenters. The normalized spacial score (nSPS) is 11.2. The molecule has 0 spiro atoms. The van der Waals surface area contributed by atoms with Crippen molar-refractivity contribution < 1.29 is 14.3 Å². The molecule has 7 nitrogen and oxygen atoms in total. The van der Waals surface area contributed by atoms with Gasteiger partial charge in [-0.1, -0.05) is 48.9 Å². The largest absolute Gasteiger partial charge is 0.476 e. The Balaban J connectivity index is 1.43. The van der Waals surface area contributed by atoms with Crippen LogP contribution in [-0.4, -0.2) is 54.1 Å². The van der Waals surface area contributed by atoms with Gasteiger partial charge in [-0.15, -0.1) is 5.10 Å². The molecule has 1 heterocycles. The Bertz CT molecular complexity index is 958. The summed E-state index contributed by atoms with van der Waals surface area (Å²) in [7, 11) is 1.94. The molecule has 0 aliphatic heterocycles. The average molecular weight is 439 g/mol. The summed E-state index contributed by atoms with van der Waals surface area (Å²) in [6.45, 7) is 2.98. The lowest BCUT2D eigenvalue weighted by Crippen LogP contribution is -2.26. The Labute approximate surface area is 190 Å². The van der Waals surface area contributed by atoms with Crippen molar-refractivity contribution >= 4 is 16.9 Å². The second-order valence-corrected chi connectivity index (χ2v) is 7.99. The Hall–Kier alpha value is -2.90. The Morgan fingerprint density at radius 3 is 2.62 bits per heavy atom. The van der Waals surface area contributed by atoms with Crippen molar-refractivity contribution in [3.8, 4) is 5.88 Å². The van der Waals surface area contributed by atoms with Gasteiger partial charge in [0.15, 0.2) is 0 Å². The number of hydrogen-bond acceptors (Lipinski definition) is 6. The van der Waals surface area contributed by atoms with Crippen LogP contribution in [0.1, 0.15) is 37.7 Å². The van der Waals surface area contributed by atoms with Crippen LogP contribution in [0.4, 0.5) is 0 Å². The first-order valence-corrected chi connectivity index (χ1v) is 11.3. The highest BCUT2D eigenvalue weighted by molar-refractivity contribution is 5.84. The van der Waals surface area contributed by atoms with Gasteiger partial charge >= 0.3 is 5.97 Å². The molecule has 0 atom stereocenters. The number of benzene rings is 2. The molecule has 7 heteroatoms. The predicted octanol–water partition coefficient (Wildman–Crippen LogP) is 3.81. The second kappa shape index (κ2) is 12.8. The smallest absolute Gasteiger partial charge is 0.307 e. The Morgan fingerprint density at radius 2 is 1.81 bits per heavy atom. The molecule has 0 fully saturated rings. The van der Waals surface area contributed by atoms with Gasteiger partial charge in [-0.05, 0) is 50.6 Å². The number of esters is 1. The van der Waals surface area contributed by atoms with Gasteiger partial charge < -0.3 is 15.2 Å². The summed E-state index contributed by atoms with van der Waals surface area (Å²) in [6, 6.07) is 18.4. The molecule has 32 heavy (non-hydrogen) atoms. The van der Waals surface area contributed by atoms with E-state index in [2.05, 4.69) is 18.2 Å². The molecule has 1 aromatic heterocycles. The zero-order chi connectivity index (χ0) is 22.6. The first-order chi connectivity index (χ1) is 15.7. The van der Waals surface area contributed by atoms with E-state index < -0.39 is 0 Å². The summed E-state index contributed by atoms with van der Waals surface area (Å²) < 4.78 is 13.3. The lowest BCUT2D eigenvalue weighted by Gasteiger charge is -2.16. The SMILES string of the molecule is CN(CCCOc1nn(Cc2ccccc2)c2ccccc12)COC(=O)CCCCCN. The molecule has 172 valence electrons. The number of carbonyl (C=O) groups is 1. The highest BCUT2D eigenvalue weighted by Crippen LogP contribution is 2.25. The average Bonchev–Trinajstić information content (AvgIpc) is 3.16. The lowest BCUT2D eigenvalue weighted by molar-refractivity contribution is -0.148. The second-order valence-electron chi connectivity index (χ2n) is 7.99. The van der Waals surface area contributed by atoms with Crippen LogP contribution in [0.15, 0.2) is 54.6 Å². The van der Waals surface area contributed by atoms with Crippen LogP contribution in [0.2, 0.25) is 0 Å². The predicted molar refractivity (Wildman–Crippen MR) is 127 cm³/mol. The number of hydrogen-bond donors (Lipinski definition) is 1. The highest BCUT2D eigenvalue weighted by atomic mass is 16.5. The molecule has 0 saturated carbocycles. The molecule has 3 aromatic rings. The number of para-hydroxylation sites is 1. The Morgan fingerprint density at radius 1 is 1.03 bits per heavy atom. The van der Waals surface area contributed by atoms with Crippen molar-refractivity contribution in [1.29, 1.82) is 0 Å². The summed E-state index contributed by atoms with van der Waals surface area (Å²) in [4.78, 5) is 13.7. The van der Waals surface area contributed by atoms with E-state index in [4.69, 9.17) is 20.3 Å². The van der Waals surface area contributed by atoms with Gasteiger partial charge in [0.1, 0.15) is 6.73 Å². The molecule has 0 bridgehead atoms. The number of nitrogens with zero attached hydrogens (tertiary/aromatic N) is 3. The summed E-state index contributed by atoms with van der Waals surface area (Å²) in [5, 5.41) is 5.72. The quantitative estimate of drug-likeness (QED) is 0.234. The fourth-order valence-corrected chi connectivity index (χ4v) is 3.49. The third kappa shape index (κ3) is 7.35. The van der Waals surface area contributed by atoms with Crippen molar-refractivity contribution in [1.82, 2.24) is 14.7 Å². The maximum atomic E-state index is 11.8. The van der Waals surface area contributed by atoms with Crippen LogP contribution < -0.4 is 10.5 Å². The van der Waals surface area contributed by atoms with Crippen LogP contribution in [-0.2, 0) is 16.1 Å². The van der Waals surface area contributed by atoms with Gasteiger partial charge in [0.2, 0.25) is 5.88 Å². The lowest BCUT2D eigenvalue weighted by atomic mass is 10.2. The van der Waals surface area contributed by atoms with E-state index in [9.17, 15) is 4.79 Å². The van der Waals surface area contributed by atoms with Crippen molar-refractivity contribution in [2.75, 3.05) is 33.5 Å². The van der Waals surface area contributed by atoms with Crippen molar-refractivity contribution in [3.05, 3.63) is 60.2 Å². The number of aromatic nitrogens is 2. The zero-order valence-electron chi connectivity index (χ0n) is 18.9. The van der Waals surface area contributed by atoms with Gasteiger partial charge in [0.05, 0.1) is 24.1 Å². The molecule has 0 saturated heterocycles. The molecular weight excluding hydrogens is 404 g/mol. The fraction of sp³-hybridized carbons (Fsp3) is 0.440. The van der Waals surface area contributed by atoms with Gasteiger partial charge in [-0.25, -0.2) is 0 Å². The minimum absolute atomic E-state index is 0.152. The van der Waals surface area contributed by atoms with Gasteiger partial charge in [-0.2, -0.15) is 0 Å². The fourth-order valence-electron chi connectivity index (χ4n) is 3.49. The number of fused-ring (bicyclic) bond motifs is 1. The van der Waals surface area contributed by atoms with E-state index in [1.165, 1.54) is 5.56 Å². The van der Waals surface area contributed by atoms with E-state index in [1.807, 2.05) is 53.0 Å². The summed E-state index contributed by atoms with van der Waals surface area (Å²) in [6.07, 6.45) is 4.01. The third-order valence-electron chi connectivity index (χ3n) is 5.25. The van der Waals surface area contributed by atoms with E-state index in [0.29, 0.717) is 38.7 Å². The topological polar surface area (TPSA) is 82.6 Å². The molecule has 2 aromatic carbocycles. The number of carbonyl (C=O) groups excluding carboxylic acids is 1. The molecule has 0 aliphatic rings. The number of nitrogens with two attached hydrogens (primary N) is 1. The maximum Gasteiger partial charge on any atom is 0.307 e. The minimum Gasteiger partial charge on any atom is -0.476 e. The zero-order valence-corrected chi connectivity index (χ0v) is 18.9. The monoisotopic (exact) mass is 438 g/mol. The van der Waals surface area contributed by atoms with Crippen LogP contribution >= 0.6 is 0 Å². The molecule has 0 radical (unpaired) electrons. The van der Waals surface area contributed by atoms with Crippen LogP contribution in [0.25, 0.3) is 10.9 Å². The van der Waals surface area contributed by atoms with Crippen LogP contribution in [0.5, 0.6) is 5.88 Å². The molecule has 0 aliphatic carbocycles. The van der Waals surface area contributed by atoms with Crippen LogP contribution in [0.3, 0.4) is 0 Å². The van der Waals surface area contributed by atoms with Gasteiger partial charge in [-0.3, -0.25) is 14.4 Å². The van der Waals surface area contributed by atoms with Gasteiger partial charge in [0.25, 0.3) is 0 Å². The number of unbranched alkanes of at least 4 members (excludes halogenated alkanes) is 2.